The van der Waals surface area contributed by atoms with E-state index in [0.29, 0.717) is 16.3 Å². The molecule has 0 radical (unpaired) electrons. The van der Waals surface area contributed by atoms with E-state index < -0.39 is 10.8 Å². The number of anilines is 1. The molecule has 26 heavy (non-hydrogen) atoms. The minimum absolute atomic E-state index is 0.232. The fourth-order valence-electron chi connectivity index (χ4n) is 2.84. The molecule has 1 heterocycles. The van der Waals surface area contributed by atoms with Gasteiger partial charge in [0.15, 0.2) is 0 Å². The van der Waals surface area contributed by atoms with Gasteiger partial charge in [-0.3, -0.25) is 9.00 Å². The first-order valence-electron chi connectivity index (χ1n) is 8.23. The van der Waals surface area contributed by atoms with Crippen LogP contribution >= 0.6 is 0 Å². The summed E-state index contributed by atoms with van der Waals surface area (Å²) in [6.45, 7) is 5.95. The van der Waals surface area contributed by atoms with Crippen LogP contribution in [0.4, 0.5) is 5.82 Å². The molecule has 0 aliphatic carbocycles. The first-order valence-corrected chi connectivity index (χ1v) is 9.79. The topological polar surface area (TPSA) is 64.0 Å². The average Bonchev–Trinajstić information content (AvgIpc) is 2.94. The molecular weight excluding hydrogens is 346 g/mol. The van der Waals surface area contributed by atoms with E-state index in [4.69, 9.17) is 0 Å². The Kier molecular flexibility index (Phi) is 5.04. The Morgan fingerprint density at radius 2 is 1.62 bits per heavy atom. The van der Waals surface area contributed by atoms with Crippen LogP contribution in [0, 0.1) is 20.8 Å². The molecule has 1 aromatic heterocycles. The lowest BCUT2D eigenvalue weighted by Crippen LogP contribution is -2.15. The Morgan fingerprint density at radius 3 is 2.19 bits per heavy atom. The molecular formula is C20H21N3O2S. The zero-order chi connectivity index (χ0) is 18.8. The predicted molar refractivity (Wildman–Crippen MR) is 105 cm³/mol. The average molecular weight is 367 g/mol. The molecule has 1 atom stereocenters. The van der Waals surface area contributed by atoms with Crippen LogP contribution in [0.3, 0.4) is 0 Å². The lowest BCUT2D eigenvalue weighted by molar-refractivity contribution is 0.102. The maximum atomic E-state index is 12.6. The summed E-state index contributed by atoms with van der Waals surface area (Å²) in [5.74, 6) is 0.379. The van der Waals surface area contributed by atoms with Crippen molar-refractivity contribution in [2.45, 2.75) is 25.7 Å². The first-order chi connectivity index (χ1) is 12.3. The second-order valence-corrected chi connectivity index (χ2v) is 7.74. The zero-order valence-electron chi connectivity index (χ0n) is 15.2. The van der Waals surface area contributed by atoms with Gasteiger partial charge in [0, 0.05) is 33.6 Å². The van der Waals surface area contributed by atoms with Crippen LogP contribution < -0.4 is 5.32 Å². The molecule has 0 fully saturated rings. The Bertz CT molecular complexity index is 971. The van der Waals surface area contributed by atoms with E-state index in [1.165, 1.54) is 0 Å². The summed E-state index contributed by atoms with van der Waals surface area (Å²) in [4.78, 5) is 13.3. The molecule has 134 valence electrons. The molecule has 6 heteroatoms. The highest BCUT2D eigenvalue weighted by atomic mass is 32.2. The van der Waals surface area contributed by atoms with Gasteiger partial charge >= 0.3 is 0 Å². The summed E-state index contributed by atoms with van der Waals surface area (Å²) in [5, 5.41) is 7.43. The van der Waals surface area contributed by atoms with Crippen LogP contribution in [-0.4, -0.2) is 26.2 Å². The van der Waals surface area contributed by atoms with E-state index in [9.17, 15) is 9.00 Å². The molecule has 5 nitrogen and oxygen atoms in total. The van der Waals surface area contributed by atoms with Crippen molar-refractivity contribution in [1.29, 1.82) is 0 Å². The number of nitrogens with zero attached hydrogens (tertiary/aromatic N) is 2. The molecule has 0 unspecified atom stereocenters. The highest BCUT2D eigenvalue weighted by molar-refractivity contribution is 7.84. The van der Waals surface area contributed by atoms with Crippen LogP contribution in [-0.2, 0) is 10.8 Å². The van der Waals surface area contributed by atoms with Crippen molar-refractivity contribution >= 4 is 22.5 Å². The van der Waals surface area contributed by atoms with E-state index in [1.54, 1.807) is 35.2 Å². The maximum Gasteiger partial charge on any atom is 0.256 e. The Balaban J connectivity index is 1.90. The molecule has 0 bridgehead atoms. The predicted octanol–water partition coefficient (Wildman–Crippen LogP) is 3.79. The number of aromatic nitrogens is 2. The quantitative estimate of drug-likeness (QED) is 0.763. The smallest absolute Gasteiger partial charge is 0.256 e. The standard InChI is InChI=1S/C20H21N3O2S/c1-13-9-14(2)11-17(10-13)23-19(12-15(3)22-23)21-20(24)16-5-7-18(8-6-16)26(4)25/h5-12H,1-4H3,(H,21,24)/t26-/m1/s1. The Hall–Kier alpha value is -2.73. The number of carbonyl (C=O) groups is 1. The van der Waals surface area contributed by atoms with Crippen molar-refractivity contribution in [2.75, 3.05) is 11.6 Å². The summed E-state index contributed by atoms with van der Waals surface area (Å²) in [6, 6.07) is 14.8. The molecule has 2 aromatic carbocycles. The van der Waals surface area contributed by atoms with Gasteiger partial charge in [-0.25, -0.2) is 4.68 Å². The summed E-state index contributed by atoms with van der Waals surface area (Å²) in [6.07, 6.45) is 1.61. The molecule has 0 saturated heterocycles. The first kappa shape index (κ1) is 18.1. The van der Waals surface area contributed by atoms with Gasteiger partial charge in [-0.2, -0.15) is 5.10 Å². The lowest BCUT2D eigenvalue weighted by Gasteiger charge is -2.11. The molecule has 3 aromatic rings. The summed E-state index contributed by atoms with van der Waals surface area (Å²) in [5.41, 5.74) is 4.49. The van der Waals surface area contributed by atoms with Gasteiger partial charge in [-0.05, 0) is 68.3 Å². The number of hydrogen-bond donors (Lipinski definition) is 1. The Labute approximate surface area is 155 Å². The van der Waals surface area contributed by atoms with E-state index in [-0.39, 0.29) is 5.91 Å². The van der Waals surface area contributed by atoms with E-state index in [2.05, 4.69) is 16.5 Å². The van der Waals surface area contributed by atoms with Crippen LogP contribution in [0.2, 0.25) is 0 Å². The van der Waals surface area contributed by atoms with Gasteiger partial charge < -0.3 is 5.32 Å². The second kappa shape index (κ2) is 7.25. The fraction of sp³-hybridized carbons (Fsp3) is 0.200. The lowest BCUT2D eigenvalue weighted by atomic mass is 10.1. The minimum Gasteiger partial charge on any atom is -0.306 e. The minimum atomic E-state index is -1.06. The van der Waals surface area contributed by atoms with Crippen molar-refractivity contribution in [3.05, 3.63) is 70.9 Å². The van der Waals surface area contributed by atoms with Gasteiger partial charge in [-0.15, -0.1) is 0 Å². The largest absolute Gasteiger partial charge is 0.306 e. The third-order valence-electron chi connectivity index (χ3n) is 3.97. The number of hydrogen-bond acceptors (Lipinski definition) is 3. The SMILES string of the molecule is Cc1cc(C)cc(-n2nc(C)cc2NC(=O)c2ccc([S@@](C)=O)cc2)c1. The van der Waals surface area contributed by atoms with Crippen LogP contribution in [0.25, 0.3) is 5.69 Å². The van der Waals surface area contributed by atoms with E-state index >= 15 is 0 Å². The number of rotatable bonds is 4. The molecule has 0 saturated carbocycles. The number of benzene rings is 2. The number of nitrogens with one attached hydrogen (secondary N) is 1. The van der Waals surface area contributed by atoms with Crippen molar-refractivity contribution in [3.63, 3.8) is 0 Å². The third kappa shape index (κ3) is 3.91. The van der Waals surface area contributed by atoms with E-state index in [1.807, 2.05) is 39.0 Å². The Morgan fingerprint density at radius 1 is 1.00 bits per heavy atom. The van der Waals surface area contributed by atoms with Crippen LogP contribution in [0.5, 0.6) is 0 Å². The van der Waals surface area contributed by atoms with Crippen molar-refractivity contribution in [2.24, 2.45) is 0 Å². The zero-order valence-corrected chi connectivity index (χ0v) is 16.1. The van der Waals surface area contributed by atoms with Crippen LogP contribution in [0.15, 0.2) is 53.4 Å². The van der Waals surface area contributed by atoms with Crippen molar-refractivity contribution in [1.82, 2.24) is 9.78 Å². The molecule has 3 rings (SSSR count). The molecule has 0 aliphatic heterocycles. The summed E-state index contributed by atoms with van der Waals surface area (Å²) in [7, 11) is -1.06. The van der Waals surface area contributed by atoms with Crippen molar-refractivity contribution < 1.29 is 9.00 Å². The van der Waals surface area contributed by atoms with Gasteiger partial charge in [-0.1, -0.05) is 6.07 Å². The molecule has 1 amide bonds. The second-order valence-electron chi connectivity index (χ2n) is 6.36. The van der Waals surface area contributed by atoms with Gasteiger partial charge in [0.05, 0.1) is 11.4 Å². The van der Waals surface area contributed by atoms with Crippen LogP contribution in [0.1, 0.15) is 27.2 Å². The molecule has 1 N–H and O–H groups in total. The molecule has 0 aliphatic rings. The monoisotopic (exact) mass is 367 g/mol. The van der Waals surface area contributed by atoms with E-state index in [0.717, 1.165) is 22.5 Å². The summed E-state index contributed by atoms with van der Waals surface area (Å²) >= 11 is 0. The van der Waals surface area contributed by atoms with Crippen molar-refractivity contribution in [3.8, 4) is 5.69 Å². The highest BCUT2D eigenvalue weighted by Gasteiger charge is 2.13. The number of amides is 1. The number of aryl methyl sites for hydroxylation is 3. The maximum absolute atomic E-state index is 12.6. The molecule has 0 spiro atoms. The number of carbonyl (C=O) groups excluding carboxylic acids is 1. The summed E-state index contributed by atoms with van der Waals surface area (Å²) < 4.78 is 13.2. The normalized spacial score (nSPS) is 12.0. The van der Waals surface area contributed by atoms with Gasteiger partial charge in [0.2, 0.25) is 0 Å². The van der Waals surface area contributed by atoms with Gasteiger partial charge in [0.25, 0.3) is 5.91 Å². The third-order valence-corrected chi connectivity index (χ3v) is 4.91. The highest BCUT2D eigenvalue weighted by Crippen LogP contribution is 2.20. The van der Waals surface area contributed by atoms with Gasteiger partial charge in [0.1, 0.15) is 5.82 Å². The fourth-order valence-corrected chi connectivity index (χ4v) is 3.36.